The van der Waals surface area contributed by atoms with Gasteiger partial charge >= 0.3 is 0 Å². The van der Waals surface area contributed by atoms with Gasteiger partial charge in [-0.25, -0.2) is 0 Å². The van der Waals surface area contributed by atoms with Crippen LogP contribution in [0.4, 0.5) is 0 Å². The molecule has 0 heterocycles. The highest BCUT2D eigenvalue weighted by molar-refractivity contribution is 5.21. The summed E-state index contributed by atoms with van der Waals surface area (Å²) in [5, 5.41) is 3.22. The molecule has 1 heteroatoms. The average molecular weight is 189 g/mol. The monoisotopic (exact) mass is 189 g/mol. The Kier molecular flexibility index (Phi) is 4.41. The van der Waals surface area contributed by atoms with E-state index in [0.717, 1.165) is 12.8 Å². The molecule has 0 fully saturated rings. The maximum absolute atomic E-state index is 3.80. The highest BCUT2D eigenvalue weighted by atomic mass is 14.8. The summed E-state index contributed by atoms with van der Waals surface area (Å²) in [4.78, 5) is 0. The zero-order chi connectivity index (χ0) is 10.4. The van der Waals surface area contributed by atoms with Gasteiger partial charge in [-0.1, -0.05) is 35.9 Å². The number of likely N-dealkylation sites (N-methyl/N-ethyl adjacent to an activating group) is 1. The SMILES string of the molecule is C=CC(CCc1ccc(C)cc1)NC. The molecule has 0 bridgehead atoms. The van der Waals surface area contributed by atoms with E-state index in [-0.39, 0.29) is 0 Å². The first-order valence-electron chi connectivity index (χ1n) is 5.11. The molecule has 1 rings (SSSR count). The van der Waals surface area contributed by atoms with E-state index in [4.69, 9.17) is 0 Å². The second-order valence-corrected chi connectivity index (χ2v) is 3.66. The van der Waals surface area contributed by atoms with Crippen molar-refractivity contribution in [3.63, 3.8) is 0 Å². The van der Waals surface area contributed by atoms with Gasteiger partial charge in [0.25, 0.3) is 0 Å². The van der Waals surface area contributed by atoms with Crippen molar-refractivity contribution in [3.8, 4) is 0 Å². The minimum Gasteiger partial charge on any atom is -0.314 e. The van der Waals surface area contributed by atoms with Crippen LogP contribution < -0.4 is 5.32 Å². The van der Waals surface area contributed by atoms with Gasteiger partial charge in [0, 0.05) is 6.04 Å². The van der Waals surface area contributed by atoms with Gasteiger partial charge in [0.15, 0.2) is 0 Å². The Morgan fingerprint density at radius 1 is 1.36 bits per heavy atom. The largest absolute Gasteiger partial charge is 0.314 e. The Morgan fingerprint density at radius 3 is 2.50 bits per heavy atom. The minimum absolute atomic E-state index is 0.427. The molecule has 0 amide bonds. The molecule has 0 aliphatic heterocycles. The van der Waals surface area contributed by atoms with Crippen LogP contribution in [-0.4, -0.2) is 13.1 Å². The quantitative estimate of drug-likeness (QED) is 0.702. The van der Waals surface area contributed by atoms with Crippen LogP contribution in [0.3, 0.4) is 0 Å². The minimum atomic E-state index is 0.427. The molecule has 0 aromatic heterocycles. The van der Waals surface area contributed by atoms with E-state index in [1.54, 1.807) is 0 Å². The third-order valence-corrected chi connectivity index (χ3v) is 2.52. The molecule has 1 N–H and O–H groups in total. The van der Waals surface area contributed by atoms with Crippen molar-refractivity contribution in [1.29, 1.82) is 0 Å². The van der Waals surface area contributed by atoms with Crippen molar-refractivity contribution in [3.05, 3.63) is 48.0 Å². The third kappa shape index (κ3) is 3.35. The molecule has 1 aromatic carbocycles. The normalized spacial score (nSPS) is 12.4. The van der Waals surface area contributed by atoms with Gasteiger partial charge in [-0.3, -0.25) is 0 Å². The number of nitrogens with one attached hydrogen (secondary N) is 1. The molecule has 0 spiro atoms. The van der Waals surface area contributed by atoms with Gasteiger partial charge < -0.3 is 5.32 Å². The second-order valence-electron chi connectivity index (χ2n) is 3.66. The molecular weight excluding hydrogens is 170 g/mol. The van der Waals surface area contributed by atoms with Crippen LogP contribution in [0.25, 0.3) is 0 Å². The first-order valence-corrected chi connectivity index (χ1v) is 5.11. The van der Waals surface area contributed by atoms with Gasteiger partial charge in [-0.15, -0.1) is 6.58 Å². The van der Waals surface area contributed by atoms with Crippen LogP contribution in [-0.2, 0) is 6.42 Å². The summed E-state index contributed by atoms with van der Waals surface area (Å²) in [5.74, 6) is 0. The van der Waals surface area contributed by atoms with Crippen molar-refractivity contribution in [2.45, 2.75) is 25.8 Å². The van der Waals surface area contributed by atoms with Crippen molar-refractivity contribution in [1.82, 2.24) is 5.32 Å². The molecule has 1 nitrogen and oxygen atoms in total. The zero-order valence-electron chi connectivity index (χ0n) is 9.09. The molecule has 1 unspecified atom stereocenters. The van der Waals surface area contributed by atoms with Crippen LogP contribution in [0.1, 0.15) is 17.5 Å². The predicted molar refractivity (Wildman–Crippen MR) is 62.5 cm³/mol. The Hall–Kier alpha value is -1.08. The Morgan fingerprint density at radius 2 is 2.00 bits per heavy atom. The number of aryl methyl sites for hydroxylation is 2. The number of benzene rings is 1. The summed E-state index contributed by atoms with van der Waals surface area (Å²) in [6, 6.07) is 9.15. The molecule has 0 aliphatic rings. The van der Waals surface area contributed by atoms with E-state index in [0.29, 0.717) is 6.04 Å². The van der Waals surface area contributed by atoms with Crippen LogP contribution in [0.2, 0.25) is 0 Å². The molecular formula is C13H19N. The maximum atomic E-state index is 3.80. The molecule has 0 saturated carbocycles. The van der Waals surface area contributed by atoms with E-state index in [2.05, 4.69) is 43.1 Å². The van der Waals surface area contributed by atoms with E-state index in [1.807, 2.05) is 13.1 Å². The molecule has 1 atom stereocenters. The Labute approximate surface area is 86.8 Å². The number of hydrogen-bond acceptors (Lipinski definition) is 1. The topological polar surface area (TPSA) is 12.0 Å². The lowest BCUT2D eigenvalue weighted by Gasteiger charge is -2.10. The fourth-order valence-corrected chi connectivity index (χ4v) is 1.46. The van der Waals surface area contributed by atoms with Crippen LogP contribution in [0.15, 0.2) is 36.9 Å². The number of rotatable bonds is 5. The smallest absolute Gasteiger partial charge is 0.0247 e. The van der Waals surface area contributed by atoms with Gasteiger partial charge in [0.2, 0.25) is 0 Å². The van der Waals surface area contributed by atoms with E-state index in [9.17, 15) is 0 Å². The molecule has 14 heavy (non-hydrogen) atoms. The van der Waals surface area contributed by atoms with Crippen molar-refractivity contribution >= 4 is 0 Å². The highest BCUT2D eigenvalue weighted by Crippen LogP contribution is 2.07. The van der Waals surface area contributed by atoms with Gasteiger partial charge in [-0.05, 0) is 32.4 Å². The van der Waals surface area contributed by atoms with Gasteiger partial charge in [-0.2, -0.15) is 0 Å². The molecule has 76 valence electrons. The summed E-state index contributed by atoms with van der Waals surface area (Å²) in [5.41, 5.74) is 2.72. The fraction of sp³-hybridized carbons (Fsp3) is 0.385. The van der Waals surface area contributed by atoms with Gasteiger partial charge in [0.1, 0.15) is 0 Å². The third-order valence-electron chi connectivity index (χ3n) is 2.52. The Bertz CT molecular complexity index is 274. The Balaban J connectivity index is 2.45. The lowest BCUT2D eigenvalue weighted by molar-refractivity contribution is 0.615. The lowest BCUT2D eigenvalue weighted by atomic mass is 10.0. The maximum Gasteiger partial charge on any atom is 0.0247 e. The summed E-state index contributed by atoms with van der Waals surface area (Å²) in [6.07, 6.45) is 4.19. The summed E-state index contributed by atoms with van der Waals surface area (Å²) in [6.45, 7) is 5.91. The highest BCUT2D eigenvalue weighted by Gasteiger charge is 2.00. The standard InChI is InChI=1S/C13H19N/c1-4-13(14-3)10-9-12-7-5-11(2)6-8-12/h4-8,13-14H,1,9-10H2,2-3H3. The first kappa shape index (κ1) is 11.0. The van der Waals surface area contributed by atoms with Crippen molar-refractivity contribution in [2.75, 3.05) is 7.05 Å². The summed E-state index contributed by atoms with van der Waals surface area (Å²) < 4.78 is 0. The lowest BCUT2D eigenvalue weighted by Crippen LogP contribution is -2.22. The summed E-state index contributed by atoms with van der Waals surface area (Å²) >= 11 is 0. The van der Waals surface area contributed by atoms with Gasteiger partial charge in [0.05, 0.1) is 0 Å². The second kappa shape index (κ2) is 5.61. The number of hydrogen-bond donors (Lipinski definition) is 1. The van der Waals surface area contributed by atoms with Crippen LogP contribution >= 0.6 is 0 Å². The van der Waals surface area contributed by atoms with E-state index < -0.39 is 0 Å². The first-order chi connectivity index (χ1) is 6.76. The predicted octanol–water partition coefficient (Wildman–Crippen LogP) is 2.70. The summed E-state index contributed by atoms with van der Waals surface area (Å²) in [7, 11) is 1.97. The molecule has 0 saturated heterocycles. The molecule has 1 aromatic rings. The van der Waals surface area contributed by atoms with Crippen molar-refractivity contribution < 1.29 is 0 Å². The van der Waals surface area contributed by atoms with E-state index >= 15 is 0 Å². The van der Waals surface area contributed by atoms with Crippen LogP contribution in [0, 0.1) is 6.92 Å². The molecule has 0 aliphatic carbocycles. The average Bonchev–Trinajstić information content (AvgIpc) is 2.22. The molecule has 0 radical (unpaired) electrons. The zero-order valence-corrected chi connectivity index (χ0v) is 9.09. The van der Waals surface area contributed by atoms with E-state index in [1.165, 1.54) is 11.1 Å². The van der Waals surface area contributed by atoms with Crippen LogP contribution in [0.5, 0.6) is 0 Å². The van der Waals surface area contributed by atoms with Crippen molar-refractivity contribution in [2.24, 2.45) is 0 Å². The fourth-order valence-electron chi connectivity index (χ4n) is 1.46.